The fourth-order valence-corrected chi connectivity index (χ4v) is 3.49. The third-order valence-corrected chi connectivity index (χ3v) is 5.33. The normalized spacial score (nSPS) is 19.0. The lowest BCUT2D eigenvalue weighted by Gasteiger charge is -2.37. The van der Waals surface area contributed by atoms with Crippen molar-refractivity contribution < 1.29 is 36.2 Å². The van der Waals surface area contributed by atoms with E-state index in [4.69, 9.17) is 0 Å². The Kier molecular flexibility index (Phi) is 7.56. The van der Waals surface area contributed by atoms with Gasteiger partial charge in [-0.15, -0.1) is 0 Å². The first-order valence-electron chi connectivity index (χ1n) is 9.34. The van der Waals surface area contributed by atoms with E-state index < -0.39 is 29.9 Å². The third-order valence-electron chi connectivity index (χ3n) is 5.33. The molecule has 1 amide bonds. The van der Waals surface area contributed by atoms with Gasteiger partial charge in [0.2, 0.25) is 0 Å². The number of hydrogen-bond acceptors (Lipinski definition) is 3. The van der Waals surface area contributed by atoms with Crippen LogP contribution < -0.4 is 5.32 Å². The van der Waals surface area contributed by atoms with Crippen LogP contribution in [0.3, 0.4) is 0 Å². The van der Waals surface area contributed by atoms with Crippen molar-refractivity contribution in [2.75, 3.05) is 19.6 Å². The topological polar surface area (TPSA) is 52.6 Å². The number of alkyl halides is 6. The highest BCUT2D eigenvalue weighted by Crippen LogP contribution is 2.34. The molecule has 1 heterocycles. The molecule has 1 aliphatic rings. The highest BCUT2D eigenvalue weighted by Gasteiger charge is 2.38. The van der Waals surface area contributed by atoms with Crippen LogP contribution in [0.1, 0.15) is 43.4 Å². The van der Waals surface area contributed by atoms with Gasteiger partial charge in [0.1, 0.15) is 0 Å². The minimum atomic E-state index is -4.89. The average molecular weight is 426 g/mol. The summed E-state index contributed by atoms with van der Waals surface area (Å²) < 4.78 is 74.4. The molecule has 2 N–H and O–H groups in total. The van der Waals surface area contributed by atoms with Crippen LogP contribution in [0.4, 0.5) is 26.3 Å². The van der Waals surface area contributed by atoms with E-state index in [-0.39, 0.29) is 18.5 Å². The van der Waals surface area contributed by atoms with E-state index in [1.54, 1.807) is 0 Å². The maximum Gasteiger partial charge on any atom is 0.471 e. The lowest BCUT2D eigenvalue weighted by atomic mass is 9.86. The smallest absolute Gasteiger partial charge is 0.388 e. The number of piperidine rings is 1. The minimum absolute atomic E-state index is 0.0484. The molecule has 0 aliphatic carbocycles. The van der Waals surface area contributed by atoms with E-state index in [9.17, 15) is 36.2 Å². The van der Waals surface area contributed by atoms with Crippen LogP contribution in [-0.4, -0.2) is 47.8 Å². The van der Waals surface area contributed by atoms with Crippen LogP contribution in [0.5, 0.6) is 0 Å². The van der Waals surface area contributed by atoms with Crippen LogP contribution in [-0.2, 0) is 11.0 Å². The zero-order chi connectivity index (χ0) is 21.8. The summed E-state index contributed by atoms with van der Waals surface area (Å²) in [7, 11) is 0. The Morgan fingerprint density at radius 1 is 1.14 bits per heavy atom. The van der Waals surface area contributed by atoms with Crippen LogP contribution in [0.25, 0.3) is 0 Å². The second kappa shape index (κ2) is 9.34. The standard InChI is InChI=1S/C19H24F6N2O2/c1-12(6-9-26-17(29)19(23,24)25)27-10-7-14(8-11-27)16(28)13-2-4-15(5-3-13)18(20,21)22/h2-5,12,14,16,28H,6-11H2,1H3,(H,26,29). The first-order chi connectivity index (χ1) is 13.4. The van der Waals surface area contributed by atoms with E-state index in [0.29, 0.717) is 37.9 Å². The second-order valence-electron chi connectivity index (χ2n) is 7.33. The fraction of sp³-hybridized carbons (Fsp3) is 0.632. The van der Waals surface area contributed by atoms with Crippen molar-refractivity contribution in [1.82, 2.24) is 10.2 Å². The maximum atomic E-state index is 12.6. The van der Waals surface area contributed by atoms with Gasteiger partial charge in [0.05, 0.1) is 11.7 Å². The molecule has 1 aromatic carbocycles. The van der Waals surface area contributed by atoms with Gasteiger partial charge in [-0.05, 0) is 62.9 Å². The van der Waals surface area contributed by atoms with E-state index >= 15 is 0 Å². The number of aliphatic hydroxyl groups is 1. The number of hydrogen-bond donors (Lipinski definition) is 2. The van der Waals surface area contributed by atoms with Gasteiger partial charge in [0.25, 0.3) is 0 Å². The highest BCUT2D eigenvalue weighted by atomic mass is 19.4. The molecule has 0 aromatic heterocycles. The Morgan fingerprint density at radius 3 is 2.17 bits per heavy atom. The van der Waals surface area contributed by atoms with Gasteiger partial charge in [-0.1, -0.05) is 12.1 Å². The van der Waals surface area contributed by atoms with E-state index in [2.05, 4.69) is 4.90 Å². The zero-order valence-corrected chi connectivity index (χ0v) is 15.9. The molecule has 1 aromatic rings. The molecule has 1 fully saturated rings. The molecule has 0 spiro atoms. The Hall–Kier alpha value is -1.81. The Bertz CT molecular complexity index is 667. The third kappa shape index (κ3) is 6.60. The van der Waals surface area contributed by atoms with Crippen molar-refractivity contribution in [1.29, 1.82) is 0 Å². The molecule has 1 saturated heterocycles. The first kappa shape index (κ1) is 23.5. The number of halogens is 6. The number of carbonyl (C=O) groups is 1. The predicted octanol–water partition coefficient (Wildman–Crippen LogP) is 3.91. The number of nitrogens with one attached hydrogen (secondary N) is 1. The van der Waals surface area contributed by atoms with Crippen molar-refractivity contribution in [2.24, 2.45) is 5.92 Å². The first-order valence-corrected chi connectivity index (χ1v) is 9.34. The lowest BCUT2D eigenvalue weighted by molar-refractivity contribution is -0.173. The SMILES string of the molecule is CC(CCNC(=O)C(F)(F)F)N1CCC(C(O)c2ccc(C(F)(F)F)cc2)CC1. The number of likely N-dealkylation sites (tertiary alicyclic amines) is 1. The van der Waals surface area contributed by atoms with Gasteiger partial charge in [-0.25, -0.2) is 0 Å². The molecule has 2 unspecified atom stereocenters. The van der Waals surface area contributed by atoms with E-state index in [1.165, 1.54) is 12.1 Å². The van der Waals surface area contributed by atoms with Crippen LogP contribution >= 0.6 is 0 Å². The summed E-state index contributed by atoms with van der Waals surface area (Å²) in [6.45, 7) is 2.98. The molecule has 29 heavy (non-hydrogen) atoms. The molecule has 0 saturated carbocycles. The summed E-state index contributed by atoms with van der Waals surface area (Å²) >= 11 is 0. The molecular formula is C19H24F6N2O2. The molecule has 0 radical (unpaired) electrons. The highest BCUT2D eigenvalue weighted by molar-refractivity contribution is 5.81. The van der Waals surface area contributed by atoms with Crippen LogP contribution in [0.15, 0.2) is 24.3 Å². The van der Waals surface area contributed by atoms with Crippen molar-refractivity contribution >= 4 is 5.91 Å². The zero-order valence-electron chi connectivity index (χ0n) is 15.9. The molecule has 2 atom stereocenters. The Balaban J connectivity index is 1.80. The van der Waals surface area contributed by atoms with Crippen molar-refractivity contribution in [3.8, 4) is 0 Å². The molecule has 0 bridgehead atoms. The molecular weight excluding hydrogens is 402 g/mol. The number of rotatable bonds is 6. The second-order valence-corrected chi connectivity index (χ2v) is 7.33. The number of amides is 1. The summed E-state index contributed by atoms with van der Waals surface area (Å²) in [6.07, 6.45) is -8.61. The largest absolute Gasteiger partial charge is 0.471 e. The number of nitrogens with zero attached hydrogens (tertiary/aromatic N) is 1. The number of carbonyl (C=O) groups excluding carboxylic acids is 1. The lowest BCUT2D eigenvalue weighted by Crippen LogP contribution is -2.43. The average Bonchev–Trinajstić information content (AvgIpc) is 2.66. The molecule has 164 valence electrons. The summed E-state index contributed by atoms with van der Waals surface area (Å²) in [5, 5.41) is 12.3. The fourth-order valence-electron chi connectivity index (χ4n) is 3.49. The Labute approximate surface area is 164 Å². The van der Waals surface area contributed by atoms with Crippen molar-refractivity contribution in [2.45, 2.75) is 50.7 Å². The van der Waals surface area contributed by atoms with Crippen LogP contribution in [0.2, 0.25) is 0 Å². The molecule has 2 rings (SSSR count). The predicted molar refractivity (Wildman–Crippen MR) is 93.8 cm³/mol. The summed E-state index contributed by atoms with van der Waals surface area (Å²) in [5.41, 5.74) is -0.339. The Morgan fingerprint density at radius 2 is 1.69 bits per heavy atom. The van der Waals surface area contributed by atoms with Crippen molar-refractivity contribution in [3.63, 3.8) is 0 Å². The molecule has 10 heteroatoms. The molecule has 4 nitrogen and oxygen atoms in total. The summed E-state index contributed by atoms with van der Waals surface area (Å²) in [5.74, 6) is -2.07. The number of benzene rings is 1. The minimum Gasteiger partial charge on any atom is -0.388 e. The van der Waals surface area contributed by atoms with Gasteiger partial charge in [0, 0.05) is 12.6 Å². The van der Waals surface area contributed by atoms with Gasteiger partial charge in [-0.3, -0.25) is 4.79 Å². The van der Waals surface area contributed by atoms with Gasteiger partial charge < -0.3 is 15.3 Å². The molecule has 1 aliphatic heterocycles. The van der Waals surface area contributed by atoms with Crippen LogP contribution in [0, 0.1) is 5.92 Å². The summed E-state index contributed by atoms with van der Waals surface area (Å²) in [6, 6.07) is 4.42. The monoisotopic (exact) mass is 426 g/mol. The number of aliphatic hydroxyl groups excluding tert-OH is 1. The quantitative estimate of drug-likeness (QED) is 0.679. The van der Waals surface area contributed by atoms with E-state index in [0.717, 1.165) is 12.1 Å². The van der Waals surface area contributed by atoms with E-state index in [1.807, 2.05) is 12.2 Å². The van der Waals surface area contributed by atoms with Gasteiger partial charge in [0.15, 0.2) is 0 Å². The summed E-state index contributed by atoms with van der Waals surface area (Å²) in [4.78, 5) is 12.9. The maximum absolute atomic E-state index is 12.6. The van der Waals surface area contributed by atoms with Crippen molar-refractivity contribution in [3.05, 3.63) is 35.4 Å². The van der Waals surface area contributed by atoms with Gasteiger partial charge in [-0.2, -0.15) is 26.3 Å². The van der Waals surface area contributed by atoms with Gasteiger partial charge >= 0.3 is 18.3 Å².